The van der Waals surface area contributed by atoms with Gasteiger partial charge in [-0.05, 0) is 24.6 Å². The lowest BCUT2D eigenvalue weighted by Crippen LogP contribution is -2.22. The van der Waals surface area contributed by atoms with Crippen LogP contribution >= 0.6 is 0 Å². The molecule has 4 aromatic rings. The van der Waals surface area contributed by atoms with Crippen LogP contribution < -0.4 is 4.90 Å². The standard InChI is InChI=1S/C21H20N6O/c28-19-13-26(20-11-21(23-14-22-20)27-9-3-8-24-27)12-16(19)10-17-7-6-15-4-1-2-5-18(15)25-17/h1-9,11,14,16,19,28H,10,12-13H2/t16-,19-/m1/s1. The van der Waals surface area contributed by atoms with Crippen LogP contribution in [0.25, 0.3) is 16.7 Å². The summed E-state index contributed by atoms with van der Waals surface area (Å²) in [4.78, 5) is 15.5. The molecule has 0 amide bonds. The van der Waals surface area contributed by atoms with Crippen molar-refractivity contribution < 1.29 is 5.11 Å². The van der Waals surface area contributed by atoms with Gasteiger partial charge in [-0.15, -0.1) is 0 Å². The molecule has 1 fully saturated rings. The molecule has 2 atom stereocenters. The summed E-state index contributed by atoms with van der Waals surface area (Å²) in [6.07, 6.45) is 5.42. The van der Waals surface area contributed by atoms with Gasteiger partial charge in [0.2, 0.25) is 0 Å². The Morgan fingerprint density at radius 1 is 1.00 bits per heavy atom. The Morgan fingerprint density at radius 3 is 2.79 bits per heavy atom. The van der Waals surface area contributed by atoms with Crippen LogP contribution in [0.3, 0.4) is 0 Å². The highest BCUT2D eigenvalue weighted by Gasteiger charge is 2.32. The fraction of sp³-hybridized carbons (Fsp3) is 0.238. The first kappa shape index (κ1) is 16.8. The number of nitrogens with zero attached hydrogens (tertiary/aromatic N) is 6. The number of β-amino-alcohol motifs (C(OH)–C–C–N with tert-alkyl or cyclic N) is 1. The normalized spacial score (nSPS) is 19.4. The van der Waals surface area contributed by atoms with Gasteiger partial charge in [-0.1, -0.05) is 24.3 Å². The average molecular weight is 372 g/mol. The maximum Gasteiger partial charge on any atom is 0.158 e. The number of para-hydroxylation sites is 1. The number of hydrogen-bond donors (Lipinski definition) is 1. The van der Waals surface area contributed by atoms with E-state index in [0.717, 1.165) is 35.4 Å². The molecule has 140 valence electrons. The largest absolute Gasteiger partial charge is 0.391 e. The molecular formula is C21H20N6O. The molecule has 0 radical (unpaired) electrons. The van der Waals surface area contributed by atoms with Gasteiger partial charge < -0.3 is 10.0 Å². The molecule has 1 aliphatic rings. The summed E-state index contributed by atoms with van der Waals surface area (Å²) in [5, 5.41) is 16.0. The maximum absolute atomic E-state index is 10.6. The topological polar surface area (TPSA) is 80.0 Å². The third-order valence-electron chi connectivity index (χ3n) is 5.24. The predicted octanol–water partition coefficient (Wildman–Crippen LogP) is 2.25. The summed E-state index contributed by atoms with van der Waals surface area (Å²) >= 11 is 0. The van der Waals surface area contributed by atoms with E-state index in [2.05, 4.69) is 38.2 Å². The first-order valence-corrected chi connectivity index (χ1v) is 9.36. The van der Waals surface area contributed by atoms with E-state index in [1.54, 1.807) is 10.9 Å². The highest BCUT2D eigenvalue weighted by molar-refractivity contribution is 5.78. The second kappa shape index (κ2) is 7.01. The minimum absolute atomic E-state index is 0.108. The van der Waals surface area contributed by atoms with Gasteiger partial charge in [0, 0.05) is 48.5 Å². The molecular weight excluding hydrogens is 352 g/mol. The molecule has 4 heterocycles. The maximum atomic E-state index is 10.6. The van der Waals surface area contributed by atoms with E-state index in [9.17, 15) is 5.11 Å². The lowest BCUT2D eigenvalue weighted by Gasteiger charge is -2.17. The monoisotopic (exact) mass is 372 g/mol. The lowest BCUT2D eigenvalue weighted by atomic mass is 9.99. The van der Waals surface area contributed by atoms with Crippen LogP contribution in [0, 0.1) is 5.92 Å². The van der Waals surface area contributed by atoms with Crippen molar-refractivity contribution in [3.63, 3.8) is 0 Å². The van der Waals surface area contributed by atoms with Gasteiger partial charge in [-0.3, -0.25) is 4.98 Å². The summed E-state index contributed by atoms with van der Waals surface area (Å²) in [6, 6.07) is 16.0. The summed E-state index contributed by atoms with van der Waals surface area (Å²) in [7, 11) is 0. The molecule has 1 aromatic carbocycles. The Kier molecular flexibility index (Phi) is 4.21. The van der Waals surface area contributed by atoms with Crippen LogP contribution in [-0.4, -0.2) is 49.0 Å². The second-order valence-electron chi connectivity index (χ2n) is 7.12. The van der Waals surface area contributed by atoms with Gasteiger partial charge in [-0.25, -0.2) is 14.6 Å². The van der Waals surface area contributed by atoms with Crippen LogP contribution in [0.1, 0.15) is 5.69 Å². The molecule has 0 unspecified atom stereocenters. The molecule has 1 saturated heterocycles. The van der Waals surface area contributed by atoms with Gasteiger partial charge in [-0.2, -0.15) is 5.10 Å². The Morgan fingerprint density at radius 2 is 1.89 bits per heavy atom. The summed E-state index contributed by atoms with van der Waals surface area (Å²) in [5.41, 5.74) is 1.99. The zero-order chi connectivity index (χ0) is 18.9. The molecule has 1 aliphatic heterocycles. The number of anilines is 1. The lowest BCUT2D eigenvalue weighted by molar-refractivity contribution is 0.148. The van der Waals surface area contributed by atoms with Gasteiger partial charge in [0.25, 0.3) is 0 Å². The van der Waals surface area contributed by atoms with Crippen molar-refractivity contribution in [2.75, 3.05) is 18.0 Å². The smallest absolute Gasteiger partial charge is 0.158 e. The van der Waals surface area contributed by atoms with E-state index < -0.39 is 6.10 Å². The van der Waals surface area contributed by atoms with Crippen molar-refractivity contribution in [1.82, 2.24) is 24.7 Å². The molecule has 3 aromatic heterocycles. The Labute approximate surface area is 162 Å². The fourth-order valence-electron chi connectivity index (χ4n) is 3.77. The molecule has 0 bridgehead atoms. The van der Waals surface area contributed by atoms with E-state index in [0.29, 0.717) is 12.4 Å². The molecule has 28 heavy (non-hydrogen) atoms. The Balaban J connectivity index is 1.34. The summed E-state index contributed by atoms with van der Waals surface area (Å²) in [5.74, 6) is 1.62. The number of benzene rings is 1. The fourth-order valence-corrected chi connectivity index (χ4v) is 3.77. The molecule has 1 N–H and O–H groups in total. The van der Waals surface area contributed by atoms with E-state index in [1.807, 2.05) is 36.5 Å². The summed E-state index contributed by atoms with van der Waals surface area (Å²) in [6.45, 7) is 1.28. The van der Waals surface area contributed by atoms with Crippen molar-refractivity contribution in [1.29, 1.82) is 0 Å². The van der Waals surface area contributed by atoms with Crippen molar-refractivity contribution in [2.45, 2.75) is 12.5 Å². The van der Waals surface area contributed by atoms with Crippen molar-refractivity contribution in [3.05, 3.63) is 72.9 Å². The van der Waals surface area contributed by atoms with E-state index in [-0.39, 0.29) is 5.92 Å². The zero-order valence-electron chi connectivity index (χ0n) is 15.3. The Hall–Kier alpha value is -3.32. The predicted molar refractivity (Wildman–Crippen MR) is 106 cm³/mol. The average Bonchev–Trinajstić information content (AvgIpc) is 3.39. The van der Waals surface area contributed by atoms with Crippen LogP contribution in [0.5, 0.6) is 0 Å². The highest BCUT2D eigenvalue weighted by atomic mass is 16.3. The van der Waals surface area contributed by atoms with Crippen LogP contribution in [-0.2, 0) is 6.42 Å². The molecule has 0 aliphatic carbocycles. The number of pyridine rings is 1. The van der Waals surface area contributed by atoms with Crippen LogP contribution in [0.2, 0.25) is 0 Å². The number of aliphatic hydroxyl groups is 1. The van der Waals surface area contributed by atoms with Gasteiger partial charge in [0.15, 0.2) is 5.82 Å². The van der Waals surface area contributed by atoms with Crippen LogP contribution in [0.4, 0.5) is 5.82 Å². The summed E-state index contributed by atoms with van der Waals surface area (Å²) < 4.78 is 1.70. The first-order chi connectivity index (χ1) is 13.8. The third-order valence-corrected chi connectivity index (χ3v) is 5.24. The van der Waals surface area contributed by atoms with Gasteiger partial charge in [0.1, 0.15) is 12.1 Å². The second-order valence-corrected chi connectivity index (χ2v) is 7.12. The van der Waals surface area contributed by atoms with E-state index in [1.165, 1.54) is 6.33 Å². The molecule has 7 heteroatoms. The third kappa shape index (κ3) is 3.20. The highest BCUT2D eigenvalue weighted by Crippen LogP contribution is 2.26. The van der Waals surface area contributed by atoms with Crippen molar-refractivity contribution >= 4 is 16.7 Å². The Bertz CT molecular complexity index is 1100. The van der Waals surface area contributed by atoms with E-state index >= 15 is 0 Å². The first-order valence-electron chi connectivity index (χ1n) is 9.36. The number of hydrogen-bond acceptors (Lipinski definition) is 6. The van der Waals surface area contributed by atoms with Gasteiger partial charge >= 0.3 is 0 Å². The molecule has 0 saturated carbocycles. The molecule has 5 rings (SSSR count). The zero-order valence-corrected chi connectivity index (χ0v) is 15.3. The minimum atomic E-state index is -0.420. The van der Waals surface area contributed by atoms with Crippen molar-refractivity contribution in [3.8, 4) is 5.82 Å². The minimum Gasteiger partial charge on any atom is -0.391 e. The van der Waals surface area contributed by atoms with E-state index in [4.69, 9.17) is 4.98 Å². The number of aliphatic hydroxyl groups excluding tert-OH is 1. The van der Waals surface area contributed by atoms with Crippen LogP contribution in [0.15, 0.2) is 67.3 Å². The van der Waals surface area contributed by atoms with Gasteiger partial charge in [0.05, 0.1) is 11.6 Å². The number of aromatic nitrogens is 5. The number of rotatable bonds is 4. The number of fused-ring (bicyclic) bond motifs is 1. The van der Waals surface area contributed by atoms with Crippen molar-refractivity contribution in [2.24, 2.45) is 5.92 Å². The SMILES string of the molecule is O[C@@H]1CN(c2cc(-n3cccn3)ncn2)C[C@H]1Cc1ccc2ccccc2n1. The molecule has 7 nitrogen and oxygen atoms in total. The quantitative estimate of drug-likeness (QED) is 0.592. The molecule has 0 spiro atoms.